The van der Waals surface area contributed by atoms with E-state index in [0.29, 0.717) is 27.7 Å². The van der Waals surface area contributed by atoms with Gasteiger partial charge < -0.3 is 5.32 Å². The Balaban J connectivity index is 1.25. The van der Waals surface area contributed by atoms with E-state index in [4.69, 9.17) is 11.6 Å². The largest absolute Gasteiger partial charge is 0.308 e. The van der Waals surface area contributed by atoms with E-state index in [-0.39, 0.29) is 29.1 Å². The number of aromatic nitrogens is 5. The molecule has 172 valence electrons. The molecule has 0 aliphatic heterocycles. The van der Waals surface area contributed by atoms with Crippen LogP contribution in [0.3, 0.4) is 0 Å². The van der Waals surface area contributed by atoms with Crippen molar-refractivity contribution in [3.05, 3.63) is 57.9 Å². The normalized spacial score (nSPS) is 30.0. The van der Waals surface area contributed by atoms with E-state index >= 15 is 0 Å². The molecule has 4 saturated carbocycles. The van der Waals surface area contributed by atoms with Gasteiger partial charge in [0.05, 0.1) is 22.0 Å². The number of hydrogen-bond acceptors (Lipinski definition) is 4. The molecule has 7 nitrogen and oxygen atoms in total. The third-order valence-electron chi connectivity index (χ3n) is 7.70. The second-order valence-electron chi connectivity index (χ2n) is 9.99. The molecule has 0 saturated heterocycles. The topological polar surface area (TPSA) is 77.6 Å². The van der Waals surface area contributed by atoms with E-state index in [2.05, 4.69) is 36.4 Å². The number of hydrogen-bond donors (Lipinski definition) is 1. The number of halogens is 3. The van der Waals surface area contributed by atoms with Crippen LogP contribution < -0.4 is 5.32 Å². The standard InChI is InChI=1S/C23H23BrClFN6O/c24-17-11-31(10-16-3-1-2-4-18(16)26)29-19(17)28-20(33)22-6-14-5-15(7-22)9-23(8-14,12-22)32-13-27-21(25)30-32/h1-4,11,13-15H,5-10,12H2,(H,28,29,33). The lowest BCUT2D eigenvalue weighted by molar-refractivity contribution is -0.150. The van der Waals surface area contributed by atoms with Crippen molar-refractivity contribution in [2.24, 2.45) is 17.3 Å². The van der Waals surface area contributed by atoms with Crippen LogP contribution in [0.5, 0.6) is 0 Å². The smallest absolute Gasteiger partial charge is 0.242 e. The van der Waals surface area contributed by atoms with E-state index < -0.39 is 5.41 Å². The van der Waals surface area contributed by atoms with E-state index in [0.717, 1.165) is 32.1 Å². The summed E-state index contributed by atoms with van der Waals surface area (Å²) in [6.07, 6.45) is 9.16. The van der Waals surface area contributed by atoms with Crippen molar-refractivity contribution in [3.8, 4) is 0 Å². The number of anilines is 1. The zero-order valence-corrected chi connectivity index (χ0v) is 20.2. The zero-order chi connectivity index (χ0) is 22.8. The molecule has 1 aromatic carbocycles. The highest BCUT2D eigenvalue weighted by Crippen LogP contribution is 2.64. The number of nitrogens with zero attached hydrogens (tertiary/aromatic N) is 5. The second-order valence-corrected chi connectivity index (χ2v) is 11.2. The summed E-state index contributed by atoms with van der Waals surface area (Å²) >= 11 is 9.54. The van der Waals surface area contributed by atoms with Crippen molar-refractivity contribution >= 4 is 39.3 Å². The zero-order valence-electron chi connectivity index (χ0n) is 17.8. The number of rotatable bonds is 5. The average Bonchev–Trinajstić information content (AvgIpc) is 3.35. The fraction of sp³-hybridized carbons (Fsp3) is 0.478. The van der Waals surface area contributed by atoms with Crippen molar-refractivity contribution in [1.82, 2.24) is 24.5 Å². The molecule has 2 unspecified atom stereocenters. The highest BCUT2D eigenvalue weighted by molar-refractivity contribution is 9.10. The molecule has 1 N–H and O–H groups in total. The van der Waals surface area contributed by atoms with Gasteiger partial charge in [-0.25, -0.2) is 14.1 Å². The molecule has 10 heteroatoms. The number of benzene rings is 1. The van der Waals surface area contributed by atoms with Gasteiger partial charge in [-0.15, -0.1) is 5.10 Å². The molecular weight excluding hydrogens is 511 g/mol. The average molecular weight is 534 g/mol. The van der Waals surface area contributed by atoms with Crippen molar-refractivity contribution in [1.29, 1.82) is 0 Å². The Hall–Kier alpha value is -2.26. The van der Waals surface area contributed by atoms with Gasteiger partial charge in [0.25, 0.3) is 0 Å². The Kier molecular flexibility index (Phi) is 4.92. The molecule has 33 heavy (non-hydrogen) atoms. The van der Waals surface area contributed by atoms with Crippen LogP contribution in [0.4, 0.5) is 10.2 Å². The Morgan fingerprint density at radius 2 is 1.97 bits per heavy atom. The highest BCUT2D eigenvalue weighted by atomic mass is 79.9. The van der Waals surface area contributed by atoms with Gasteiger partial charge in [-0.2, -0.15) is 5.10 Å². The van der Waals surface area contributed by atoms with Crippen LogP contribution in [0.2, 0.25) is 5.28 Å². The monoisotopic (exact) mass is 532 g/mol. The Labute approximate surface area is 203 Å². The van der Waals surface area contributed by atoms with Gasteiger partial charge in [0.2, 0.25) is 11.2 Å². The fourth-order valence-corrected chi connectivity index (χ4v) is 7.36. The lowest BCUT2D eigenvalue weighted by Crippen LogP contribution is -2.60. The first-order valence-corrected chi connectivity index (χ1v) is 12.4. The van der Waals surface area contributed by atoms with Crippen molar-refractivity contribution < 1.29 is 9.18 Å². The van der Waals surface area contributed by atoms with Crippen LogP contribution in [0, 0.1) is 23.1 Å². The van der Waals surface area contributed by atoms with Crippen LogP contribution in [0.25, 0.3) is 0 Å². The number of amides is 1. The molecule has 2 heterocycles. The van der Waals surface area contributed by atoms with Gasteiger partial charge >= 0.3 is 0 Å². The van der Waals surface area contributed by atoms with Gasteiger partial charge in [0.1, 0.15) is 12.1 Å². The molecule has 2 atom stereocenters. The quantitative estimate of drug-likeness (QED) is 0.500. The molecule has 0 spiro atoms. The summed E-state index contributed by atoms with van der Waals surface area (Å²) in [7, 11) is 0. The first-order valence-electron chi connectivity index (χ1n) is 11.2. The Bertz CT molecular complexity index is 1230. The summed E-state index contributed by atoms with van der Waals surface area (Å²) in [6, 6.07) is 6.62. The number of nitrogens with one attached hydrogen (secondary N) is 1. The summed E-state index contributed by atoms with van der Waals surface area (Å²) in [5.41, 5.74) is -0.125. The number of carbonyl (C=O) groups excluding carboxylic acids is 1. The minimum Gasteiger partial charge on any atom is -0.308 e. The molecule has 4 aliphatic carbocycles. The minimum atomic E-state index is -0.461. The molecule has 7 rings (SSSR count). The van der Waals surface area contributed by atoms with E-state index in [9.17, 15) is 9.18 Å². The first kappa shape index (κ1) is 21.3. The molecule has 2 aromatic heterocycles. The van der Waals surface area contributed by atoms with Gasteiger partial charge in [-0.1, -0.05) is 18.2 Å². The molecule has 3 aromatic rings. The van der Waals surface area contributed by atoms with Crippen LogP contribution >= 0.6 is 27.5 Å². The summed E-state index contributed by atoms with van der Waals surface area (Å²) < 4.78 is 18.3. The summed E-state index contributed by atoms with van der Waals surface area (Å²) in [5, 5.41) is 12.3. The van der Waals surface area contributed by atoms with Crippen LogP contribution in [0.15, 0.2) is 41.3 Å². The van der Waals surface area contributed by atoms with Gasteiger partial charge in [0.15, 0.2) is 5.82 Å². The minimum absolute atomic E-state index is 0.00373. The van der Waals surface area contributed by atoms with Crippen LogP contribution in [-0.4, -0.2) is 30.5 Å². The molecule has 4 bridgehead atoms. The lowest BCUT2D eigenvalue weighted by atomic mass is 9.46. The van der Waals surface area contributed by atoms with Crippen molar-refractivity contribution in [3.63, 3.8) is 0 Å². The molecule has 4 fully saturated rings. The first-order chi connectivity index (χ1) is 15.8. The third kappa shape index (κ3) is 3.60. The van der Waals surface area contributed by atoms with Crippen molar-refractivity contribution in [2.45, 2.75) is 50.6 Å². The molecule has 1 amide bonds. The van der Waals surface area contributed by atoms with Gasteiger partial charge in [0, 0.05) is 11.8 Å². The third-order valence-corrected chi connectivity index (χ3v) is 8.45. The maximum absolute atomic E-state index is 14.1. The number of carbonyl (C=O) groups is 1. The maximum atomic E-state index is 14.1. The second kappa shape index (κ2) is 7.63. The summed E-state index contributed by atoms with van der Waals surface area (Å²) in [6.45, 7) is 0.284. The van der Waals surface area contributed by atoms with Crippen LogP contribution in [-0.2, 0) is 16.9 Å². The lowest BCUT2D eigenvalue weighted by Gasteiger charge is -2.60. The van der Waals surface area contributed by atoms with Gasteiger partial charge in [-0.3, -0.25) is 9.48 Å². The van der Waals surface area contributed by atoms with E-state index in [1.54, 1.807) is 35.4 Å². The SMILES string of the molecule is O=C(Nc1nn(Cc2ccccc2F)cc1Br)C12CC3CC(C1)CC(n1cnc(Cl)n1)(C3)C2. The maximum Gasteiger partial charge on any atom is 0.242 e. The molecule has 4 aliphatic rings. The van der Waals surface area contributed by atoms with Crippen LogP contribution in [0.1, 0.15) is 44.1 Å². The van der Waals surface area contributed by atoms with E-state index in [1.807, 2.05) is 4.68 Å². The van der Waals surface area contributed by atoms with E-state index in [1.165, 1.54) is 12.5 Å². The predicted molar refractivity (Wildman–Crippen MR) is 124 cm³/mol. The Morgan fingerprint density at radius 1 is 1.21 bits per heavy atom. The fourth-order valence-electron chi connectivity index (χ4n) is 6.82. The predicted octanol–water partition coefficient (Wildman–Crippen LogP) is 5.01. The summed E-state index contributed by atoms with van der Waals surface area (Å²) in [5.74, 6) is 1.17. The van der Waals surface area contributed by atoms with Gasteiger partial charge in [-0.05, 0) is 84.0 Å². The summed E-state index contributed by atoms with van der Waals surface area (Å²) in [4.78, 5) is 17.8. The molecular formula is C23H23BrClFN6O. The highest BCUT2D eigenvalue weighted by Gasteiger charge is 2.61. The Morgan fingerprint density at radius 3 is 2.67 bits per heavy atom. The molecule has 0 radical (unpaired) electrons. The van der Waals surface area contributed by atoms with Crippen molar-refractivity contribution in [2.75, 3.05) is 5.32 Å².